The standard InChI is InChI=1S/C12H17Br2N/c1-10(13)6-7-15(2)9-11-4-3-5-12(14)8-11/h3-5,8,10H,6-7,9H2,1-2H3. The van der Waals surface area contributed by atoms with E-state index < -0.39 is 0 Å². The highest BCUT2D eigenvalue weighted by Gasteiger charge is 2.02. The van der Waals surface area contributed by atoms with Crippen LogP contribution in [-0.4, -0.2) is 23.3 Å². The molecule has 3 heteroatoms. The predicted molar refractivity (Wildman–Crippen MR) is 73.5 cm³/mol. The minimum atomic E-state index is 0.599. The van der Waals surface area contributed by atoms with Gasteiger partial charge in [0.2, 0.25) is 0 Å². The Kier molecular flexibility index (Phi) is 5.87. The second-order valence-electron chi connectivity index (χ2n) is 3.94. The summed E-state index contributed by atoms with van der Waals surface area (Å²) in [7, 11) is 2.16. The molecule has 1 unspecified atom stereocenters. The van der Waals surface area contributed by atoms with Crippen molar-refractivity contribution in [2.24, 2.45) is 0 Å². The van der Waals surface area contributed by atoms with Crippen molar-refractivity contribution in [3.63, 3.8) is 0 Å². The predicted octanol–water partition coefficient (Wildman–Crippen LogP) is 4.05. The zero-order valence-electron chi connectivity index (χ0n) is 9.21. The monoisotopic (exact) mass is 333 g/mol. The van der Waals surface area contributed by atoms with E-state index in [1.807, 2.05) is 0 Å². The van der Waals surface area contributed by atoms with Gasteiger partial charge in [0, 0.05) is 15.8 Å². The van der Waals surface area contributed by atoms with Crippen LogP contribution < -0.4 is 0 Å². The van der Waals surface area contributed by atoms with Gasteiger partial charge in [-0.25, -0.2) is 0 Å². The van der Waals surface area contributed by atoms with Gasteiger partial charge in [0.05, 0.1) is 0 Å². The quantitative estimate of drug-likeness (QED) is 0.734. The summed E-state index contributed by atoms with van der Waals surface area (Å²) >= 11 is 7.05. The number of rotatable bonds is 5. The molecular weight excluding hydrogens is 318 g/mol. The molecule has 1 aromatic carbocycles. The van der Waals surface area contributed by atoms with Gasteiger partial charge >= 0.3 is 0 Å². The highest BCUT2D eigenvalue weighted by Crippen LogP contribution is 2.13. The van der Waals surface area contributed by atoms with Gasteiger partial charge in [-0.15, -0.1) is 0 Å². The van der Waals surface area contributed by atoms with Gasteiger partial charge in [0.25, 0.3) is 0 Å². The molecule has 15 heavy (non-hydrogen) atoms. The summed E-state index contributed by atoms with van der Waals surface area (Å²) in [5, 5.41) is 0. The molecule has 0 bridgehead atoms. The molecule has 0 amide bonds. The zero-order valence-corrected chi connectivity index (χ0v) is 12.4. The summed E-state index contributed by atoms with van der Waals surface area (Å²) in [4.78, 5) is 2.95. The van der Waals surface area contributed by atoms with Crippen LogP contribution in [-0.2, 0) is 6.54 Å². The molecule has 0 fully saturated rings. The third-order valence-corrected chi connectivity index (χ3v) is 3.20. The molecular formula is C12H17Br2N. The Hall–Kier alpha value is 0.140. The maximum atomic E-state index is 3.57. The second kappa shape index (κ2) is 6.66. The first-order valence-electron chi connectivity index (χ1n) is 5.15. The molecule has 0 saturated heterocycles. The van der Waals surface area contributed by atoms with Crippen LogP contribution in [0.5, 0.6) is 0 Å². The van der Waals surface area contributed by atoms with E-state index in [0.29, 0.717) is 4.83 Å². The smallest absolute Gasteiger partial charge is 0.0231 e. The fourth-order valence-corrected chi connectivity index (χ4v) is 2.08. The first kappa shape index (κ1) is 13.2. The van der Waals surface area contributed by atoms with Gasteiger partial charge in [0.1, 0.15) is 0 Å². The zero-order chi connectivity index (χ0) is 11.3. The van der Waals surface area contributed by atoms with Crippen molar-refractivity contribution in [2.45, 2.75) is 24.7 Å². The van der Waals surface area contributed by atoms with Gasteiger partial charge in [-0.05, 0) is 37.7 Å². The molecule has 1 aromatic rings. The molecule has 0 spiro atoms. The molecule has 0 aliphatic rings. The van der Waals surface area contributed by atoms with Crippen LogP contribution in [0.3, 0.4) is 0 Å². The van der Waals surface area contributed by atoms with E-state index in [9.17, 15) is 0 Å². The van der Waals surface area contributed by atoms with E-state index in [-0.39, 0.29) is 0 Å². The lowest BCUT2D eigenvalue weighted by atomic mass is 10.2. The molecule has 0 aliphatic heterocycles. The minimum Gasteiger partial charge on any atom is -0.302 e. The lowest BCUT2D eigenvalue weighted by molar-refractivity contribution is 0.323. The molecule has 1 nitrogen and oxygen atoms in total. The summed E-state index contributed by atoms with van der Waals surface area (Å²) in [6.07, 6.45) is 1.19. The fraction of sp³-hybridized carbons (Fsp3) is 0.500. The Morgan fingerprint density at radius 2 is 2.13 bits per heavy atom. The molecule has 84 valence electrons. The molecule has 1 rings (SSSR count). The Morgan fingerprint density at radius 1 is 1.40 bits per heavy atom. The summed E-state index contributed by atoms with van der Waals surface area (Å²) in [5.41, 5.74) is 1.36. The lowest BCUT2D eigenvalue weighted by Crippen LogP contribution is -2.20. The average Bonchev–Trinajstić information content (AvgIpc) is 2.15. The molecule has 0 radical (unpaired) electrons. The lowest BCUT2D eigenvalue weighted by Gasteiger charge is -2.17. The highest BCUT2D eigenvalue weighted by molar-refractivity contribution is 9.10. The fourth-order valence-electron chi connectivity index (χ4n) is 1.42. The third-order valence-electron chi connectivity index (χ3n) is 2.25. The van der Waals surface area contributed by atoms with Crippen molar-refractivity contribution in [2.75, 3.05) is 13.6 Å². The van der Waals surface area contributed by atoms with Crippen molar-refractivity contribution < 1.29 is 0 Å². The Morgan fingerprint density at radius 3 is 2.73 bits per heavy atom. The van der Waals surface area contributed by atoms with Crippen molar-refractivity contribution in [1.82, 2.24) is 4.90 Å². The van der Waals surface area contributed by atoms with Crippen LogP contribution in [0, 0.1) is 0 Å². The maximum absolute atomic E-state index is 3.57. The van der Waals surface area contributed by atoms with Crippen molar-refractivity contribution >= 4 is 31.9 Å². The minimum absolute atomic E-state index is 0.599. The van der Waals surface area contributed by atoms with Crippen LogP contribution in [0.1, 0.15) is 18.9 Å². The van der Waals surface area contributed by atoms with Crippen LogP contribution in [0.25, 0.3) is 0 Å². The molecule has 0 heterocycles. The number of hydrogen-bond donors (Lipinski definition) is 0. The van der Waals surface area contributed by atoms with Gasteiger partial charge < -0.3 is 4.90 Å². The molecule has 0 aromatic heterocycles. The molecule has 0 N–H and O–H groups in total. The largest absolute Gasteiger partial charge is 0.302 e. The van der Waals surface area contributed by atoms with Gasteiger partial charge in [0.15, 0.2) is 0 Å². The number of nitrogens with zero attached hydrogens (tertiary/aromatic N) is 1. The first-order valence-corrected chi connectivity index (χ1v) is 6.86. The maximum Gasteiger partial charge on any atom is 0.0231 e. The molecule has 0 aliphatic carbocycles. The first-order chi connectivity index (χ1) is 7.08. The van der Waals surface area contributed by atoms with E-state index >= 15 is 0 Å². The van der Waals surface area contributed by atoms with Crippen LogP contribution in [0.4, 0.5) is 0 Å². The van der Waals surface area contributed by atoms with E-state index in [1.54, 1.807) is 0 Å². The van der Waals surface area contributed by atoms with Crippen molar-refractivity contribution in [3.8, 4) is 0 Å². The Bertz CT molecular complexity index is 299. The van der Waals surface area contributed by atoms with E-state index in [4.69, 9.17) is 0 Å². The normalized spacial score (nSPS) is 13.1. The topological polar surface area (TPSA) is 3.24 Å². The summed E-state index contributed by atoms with van der Waals surface area (Å²) in [5.74, 6) is 0. The molecule has 1 atom stereocenters. The third kappa shape index (κ3) is 5.69. The van der Waals surface area contributed by atoms with Gasteiger partial charge in [-0.1, -0.05) is 50.9 Å². The Labute approximate surface area is 109 Å². The van der Waals surface area contributed by atoms with Gasteiger partial charge in [-0.3, -0.25) is 0 Å². The van der Waals surface area contributed by atoms with E-state index in [2.05, 4.69) is 75.0 Å². The summed E-state index contributed by atoms with van der Waals surface area (Å²) in [6, 6.07) is 8.48. The van der Waals surface area contributed by atoms with Crippen LogP contribution >= 0.6 is 31.9 Å². The average molecular weight is 335 g/mol. The number of alkyl halides is 1. The molecule has 0 saturated carbocycles. The van der Waals surface area contributed by atoms with Crippen LogP contribution in [0.2, 0.25) is 0 Å². The van der Waals surface area contributed by atoms with Crippen molar-refractivity contribution in [3.05, 3.63) is 34.3 Å². The van der Waals surface area contributed by atoms with E-state index in [0.717, 1.165) is 17.6 Å². The van der Waals surface area contributed by atoms with Gasteiger partial charge in [-0.2, -0.15) is 0 Å². The second-order valence-corrected chi connectivity index (χ2v) is 6.42. The Balaban J connectivity index is 2.40. The number of benzene rings is 1. The summed E-state index contributed by atoms with van der Waals surface area (Å²) < 4.78 is 1.15. The highest BCUT2D eigenvalue weighted by atomic mass is 79.9. The summed E-state index contributed by atoms with van der Waals surface area (Å²) in [6.45, 7) is 4.32. The SMILES string of the molecule is CC(Br)CCN(C)Cc1cccc(Br)c1. The van der Waals surface area contributed by atoms with E-state index in [1.165, 1.54) is 12.0 Å². The number of halogens is 2. The van der Waals surface area contributed by atoms with Crippen molar-refractivity contribution in [1.29, 1.82) is 0 Å². The number of hydrogen-bond acceptors (Lipinski definition) is 1. The van der Waals surface area contributed by atoms with Crippen LogP contribution in [0.15, 0.2) is 28.7 Å².